The van der Waals surface area contributed by atoms with Crippen molar-refractivity contribution in [1.29, 1.82) is 0 Å². The smallest absolute Gasteiger partial charge is 0.294 e. The van der Waals surface area contributed by atoms with Crippen LogP contribution >= 0.6 is 0 Å². The molecule has 0 saturated carbocycles. The molecule has 2 heterocycles. The minimum absolute atomic E-state index is 0.0666. The fourth-order valence-corrected chi connectivity index (χ4v) is 4.12. The monoisotopic (exact) mass is 448 g/mol. The van der Waals surface area contributed by atoms with Gasteiger partial charge in [0.1, 0.15) is 5.75 Å². The fourth-order valence-electron chi connectivity index (χ4n) is 3.64. The normalized spacial score (nSPS) is 16.5. The highest BCUT2D eigenvalue weighted by Gasteiger charge is 2.25. The molecule has 0 fully saturated rings. The molecule has 0 radical (unpaired) electrons. The lowest BCUT2D eigenvalue weighted by atomic mass is 9.95. The zero-order valence-corrected chi connectivity index (χ0v) is 18.7. The first kappa shape index (κ1) is 21.8. The summed E-state index contributed by atoms with van der Waals surface area (Å²) in [5.41, 5.74) is 6.77. The van der Waals surface area contributed by atoms with Gasteiger partial charge in [-0.15, -0.1) is 0 Å². The first-order chi connectivity index (χ1) is 15.3. The zero-order valence-electron chi connectivity index (χ0n) is 17.9. The fraction of sp³-hybridized carbons (Fsp3) is 0.160. The van der Waals surface area contributed by atoms with Gasteiger partial charge in [-0.25, -0.2) is 4.99 Å². The summed E-state index contributed by atoms with van der Waals surface area (Å²) < 4.78 is 34.8. The maximum Gasteiger partial charge on any atom is 0.294 e. The average molecular weight is 449 g/mol. The number of allylic oxidation sites excluding steroid dienone is 5. The van der Waals surface area contributed by atoms with Crippen LogP contribution in [-0.4, -0.2) is 37.2 Å². The van der Waals surface area contributed by atoms with Crippen molar-refractivity contribution in [3.05, 3.63) is 101 Å². The highest BCUT2D eigenvalue weighted by atomic mass is 32.2. The summed E-state index contributed by atoms with van der Waals surface area (Å²) in [6.07, 6.45) is 11.8. The Morgan fingerprint density at radius 2 is 1.69 bits per heavy atom. The van der Waals surface area contributed by atoms with Crippen molar-refractivity contribution < 1.29 is 17.7 Å². The number of hydrogen-bond acceptors (Lipinski definition) is 5. The minimum Gasteiger partial charge on any atom is -0.497 e. The van der Waals surface area contributed by atoms with E-state index in [0.29, 0.717) is 0 Å². The van der Waals surface area contributed by atoms with Crippen LogP contribution in [0, 0.1) is 6.92 Å². The molecule has 1 N–H and O–H groups in total. The first-order valence-electron chi connectivity index (χ1n) is 10.2. The molecule has 2 aromatic rings. The molecular formula is C25H24N2O4S. The van der Waals surface area contributed by atoms with Gasteiger partial charge in [0.25, 0.3) is 10.1 Å². The van der Waals surface area contributed by atoms with Crippen molar-refractivity contribution in [2.45, 2.75) is 18.2 Å². The van der Waals surface area contributed by atoms with Crippen LogP contribution in [0.1, 0.15) is 17.5 Å². The van der Waals surface area contributed by atoms with E-state index >= 15 is 0 Å². The van der Waals surface area contributed by atoms with Gasteiger partial charge in [-0.2, -0.15) is 8.42 Å². The predicted molar refractivity (Wildman–Crippen MR) is 126 cm³/mol. The van der Waals surface area contributed by atoms with Crippen LogP contribution in [0.2, 0.25) is 0 Å². The van der Waals surface area contributed by atoms with Crippen LogP contribution in [-0.2, 0) is 10.1 Å². The van der Waals surface area contributed by atoms with E-state index in [1.165, 1.54) is 23.4 Å². The maximum absolute atomic E-state index is 10.5. The summed E-state index contributed by atoms with van der Waals surface area (Å²) in [4.78, 5) is 7.09. The molecule has 0 aromatic heterocycles. The number of nitrogens with zero attached hydrogens (tertiary/aromatic N) is 2. The lowest BCUT2D eigenvalue weighted by Gasteiger charge is -2.33. The molecular weight excluding hydrogens is 424 g/mol. The molecule has 7 heteroatoms. The highest BCUT2D eigenvalue weighted by molar-refractivity contribution is 7.85. The molecule has 2 aromatic carbocycles. The largest absolute Gasteiger partial charge is 0.497 e. The Morgan fingerprint density at radius 1 is 1.00 bits per heavy atom. The van der Waals surface area contributed by atoms with Gasteiger partial charge in [-0.05, 0) is 48.9 Å². The summed E-state index contributed by atoms with van der Waals surface area (Å²) >= 11 is 0. The molecule has 0 amide bonds. The maximum atomic E-state index is 10.5. The Morgan fingerprint density at radius 3 is 2.34 bits per heavy atom. The van der Waals surface area contributed by atoms with Crippen molar-refractivity contribution in [3.63, 3.8) is 0 Å². The molecule has 0 saturated heterocycles. The number of ether oxygens (including phenoxy) is 1. The summed E-state index contributed by atoms with van der Waals surface area (Å²) in [5, 5.41) is 0. The Kier molecular flexibility index (Phi) is 6.12. The molecule has 32 heavy (non-hydrogen) atoms. The lowest BCUT2D eigenvalue weighted by molar-refractivity contribution is 0.415. The molecule has 2 aliphatic heterocycles. The predicted octanol–water partition coefficient (Wildman–Crippen LogP) is 4.78. The number of rotatable bonds is 3. The third-order valence-corrected chi connectivity index (χ3v) is 6.15. The average Bonchev–Trinajstić information content (AvgIpc) is 2.79. The van der Waals surface area contributed by atoms with Crippen molar-refractivity contribution in [3.8, 4) is 5.75 Å². The molecule has 5 rings (SSSR count). The topological polar surface area (TPSA) is 79.2 Å². The van der Waals surface area contributed by atoms with Crippen LogP contribution < -0.4 is 4.74 Å². The Hall–Kier alpha value is -3.42. The first-order valence-corrected chi connectivity index (χ1v) is 11.6. The van der Waals surface area contributed by atoms with Gasteiger partial charge in [-0.3, -0.25) is 4.55 Å². The van der Waals surface area contributed by atoms with Gasteiger partial charge in [0.15, 0.2) is 0 Å². The number of aryl methyl sites for hydroxylation is 1. The van der Waals surface area contributed by atoms with E-state index in [4.69, 9.17) is 14.3 Å². The molecule has 0 atom stereocenters. The second kappa shape index (κ2) is 8.98. The molecule has 3 aliphatic rings. The van der Waals surface area contributed by atoms with Gasteiger partial charge in [0.05, 0.1) is 29.1 Å². The standard InChI is InChI=1S/C18H16N2O.C7H8O3S/c1-21-15-9-7-13(8-10-15)17-12-20-11-3-5-14-4-2-6-16(19-17)18(14)20;1-6-2-4-7(5-3-6)11(8,9)10/h2-5,7-10,12H,6,11H2,1H3;2-5H,1H3,(H,8,9,10). The quantitative estimate of drug-likeness (QED) is 0.684. The molecule has 1 aliphatic carbocycles. The van der Waals surface area contributed by atoms with Gasteiger partial charge < -0.3 is 9.64 Å². The van der Waals surface area contributed by atoms with Crippen molar-refractivity contribution >= 4 is 21.5 Å². The Balaban J connectivity index is 0.000000189. The molecule has 6 nitrogen and oxygen atoms in total. The van der Waals surface area contributed by atoms with Crippen molar-refractivity contribution in [2.75, 3.05) is 13.7 Å². The zero-order chi connectivity index (χ0) is 22.7. The van der Waals surface area contributed by atoms with E-state index in [0.717, 1.165) is 41.3 Å². The highest BCUT2D eigenvalue weighted by Crippen LogP contribution is 2.33. The van der Waals surface area contributed by atoms with Gasteiger partial charge >= 0.3 is 0 Å². The van der Waals surface area contributed by atoms with Gasteiger partial charge in [0, 0.05) is 24.7 Å². The van der Waals surface area contributed by atoms with Crippen LogP contribution in [0.5, 0.6) is 5.75 Å². The van der Waals surface area contributed by atoms with Gasteiger partial charge in [0.2, 0.25) is 0 Å². The van der Waals surface area contributed by atoms with E-state index in [9.17, 15) is 8.42 Å². The number of hydrogen-bond donors (Lipinski definition) is 1. The second-order valence-corrected chi connectivity index (χ2v) is 8.98. The summed E-state index contributed by atoms with van der Waals surface area (Å²) in [6, 6.07) is 14.1. The van der Waals surface area contributed by atoms with E-state index in [-0.39, 0.29) is 4.90 Å². The minimum atomic E-state index is -4.02. The third kappa shape index (κ3) is 4.74. The Bertz CT molecular complexity index is 1260. The van der Waals surface area contributed by atoms with Crippen molar-refractivity contribution in [1.82, 2.24) is 4.90 Å². The molecule has 0 spiro atoms. The van der Waals surface area contributed by atoms with Crippen molar-refractivity contribution in [2.24, 2.45) is 4.99 Å². The summed E-state index contributed by atoms with van der Waals surface area (Å²) in [5.74, 6) is 0.868. The van der Waals surface area contributed by atoms with Gasteiger partial charge in [-0.1, -0.05) is 42.0 Å². The van der Waals surface area contributed by atoms with Crippen LogP contribution in [0.15, 0.2) is 100 Å². The van der Waals surface area contributed by atoms with E-state index in [1.807, 2.05) is 19.1 Å². The van der Waals surface area contributed by atoms with E-state index in [2.05, 4.69) is 47.5 Å². The summed E-state index contributed by atoms with van der Waals surface area (Å²) in [7, 11) is -2.34. The van der Waals surface area contributed by atoms with E-state index < -0.39 is 10.1 Å². The second-order valence-electron chi connectivity index (χ2n) is 7.55. The lowest BCUT2D eigenvalue weighted by Crippen LogP contribution is -2.30. The number of methoxy groups -OCH3 is 1. The molecule has 0 unspecified atom stereocenters. The Labute approximate surface area is 188 Å². The number of aliphatic imine (C=N–C) groups is 1. The third-order valence-electron chi connectivity index (χ3n) is 5.28. The van der Waals surface area contributed by atoms with Crippen LogP contribution in [0.3, 0.4) is 0 Å². The van der Waals surface area contributed by atoms with Crippen LogP contribution in [0.25, 0.3) is 5.70 Å². The number of benzene rings is 2. The van der Waals surface area contributed by atoms with E-state index in [1.54, 1.807) is 19.2 Å². The summed E-state index contributed by atoms with van der Waals surface area (Å²) in [6.45, 7) is 2.75. The molecule has 0 bridgehead atoms. The SMILES string of the molecule is COc1ccc(C2=CN3CC=CC4=C3C(=N2)CC=C4)cc1.Cc1ccc(S(=O)(=O)O)cc1. The van der Waals surface area contributed by atoms with Crippen LogP contribution in [0.4, 0.5) is 0 Å². The molecule has 164 valence electrons.